The molecule has 0 bridgehead atoms. The molecular formula is C25H48O4. The van der Waals surface area contributed by atoms with Crippen molar-refractivity contribution in [3.8, 4) is 0 Å². The Morgan fingerprint density at radius 2 is 1.21 bits per heavy atom. The van der Waals surface area contributed by atoms with Gasteiger partial charge in [0.25, 0.3) is 0 Å². The van der Waals surface area contributed by atoms with Gasteiger partial charge < -0.3 is 14.2 Å². The van der Waals surface area contributed by atoms with Crippen LogP contribution in [0.1, 0.15) is 124 Å². The van der Waals surface area contributed by atoms with Gasteiger partial charge in [-0.25, -0.2) is 0 Å². The maximum absolute atomic E-state index is 11.5. The second kappa shape index (κ2) is 17.3. The van der Waals surface area contributed by atoms with Gasteiger partial charge in [-0.3, -0.25) is 4.79 Å². The van der Waals surface area contributed by atoms with Gasteiger partial charge in [-0.2, -0.15) is 0 Å². The SMILES string of the molecule is CCCCCCCCCCOC(C)(CCCCCCCCC)C1OCC(=O)CO1. The van der Waals surface area contributed by atoms with Gasteiger partial charge >= 0.3 is 0 Å². The second-order valence-electron chi connectivity index (χ2n) is 9.00. The molecule has 0 aliphatic carbocycles. The van der Waals surface area contributed by atoms with E-state index in [0.29, 0.717) is 0 Å². The maximum atomic E-state index is 11.5. The first-order valence-corrected chi connectivity index (χ1v) is 12.5. The van der Waals surface area contributed by atoms with Crippen LogP contribution in [0.4, 0.5) is 0 Å². The lowest BCUT2D eigenvalue weighted by Gasteiger charge is -2.38. The zero-order valence-corrected chi connectivity index (χ0v) is 19.6. The molecule has 1 aliphatic rings. The van der Waals surface area contributed by atoms with E-state index in [-0.39, 0.29) is 19.0 Å². The molecule has 1 saturated heterocycles. The number of carbonyl (C=O) groups excluding carboxylic acids is 1. The number of rotatable bonds is 19. The summed E-state index contributed by atoms with van der Waals surface area (Å²) >= 11 is 0. The summed E-state index contributed by atoms with van der Waals surface area (Å²) < 4.78 is 17.7. The Balaban J connectivity index is 2.28. The first-order valence-electron chi connectivity index (χ1n) is 12.5. The summed E-state index contributed by atoms with van der Waals surface area (Å²) in [6.07, 6.45) is 19.8. The van der Waals surface area contributed by atoms with Crippen molar-refractivity contribution >= 4 is 5.78 Å². The van der Waals surface area contributed by atoms with E-state index in [2.05, 4.69) is 20.8 Å². The van der Waals surface area contributed by atoms with E-state index in [1.165, 1.54) is 83.5 Å². The van der Waals surface area contributed by atoms with Crippen LogP contribution in [0.25, 0.3) is 0 Å². The van der Waals surface area contributed by atoms with Gasteiger partial charge in [-0.15, -0.1) is 0 Å². The van der Waals surface area contributed by atoms with E-state index in [0.717, 1.165) is 25.9 Å². The Hall–Kier alpha value is -0.450. The fraction of sp³-hybridized carbons (Fsp3) is 0.960. The molecule has 1 rings (SSSR count). The third-order valence-corrected chi connectivity index (χ3v) is 6.00. The molecule has 0 aromatic heterocycles. The number of Topliss-reactive ketones (excluding diaryl/α,β-unsaturated/α-hetero) is 1. The average molecular weight is 413 g/mol. The lowest BCUT2D eigenvalue weighted by atomic mass is 9.95. The fourth-order valence-electron chi connectivity index (χ4n) is 4.01. The normalized spacial score (nSPS) is 17.6. The van der Waals surface area contributed by atoms with Gasteiger partial charge in [0.2, 0.25) is 0 Å². The Kier molecular flexibility index (Phi) is 15.8. The van der Waals surface area contributed by atoms with Crippen LogP contribution in [-0.2, 0) is 19.0 Å². The maximum Gasteiger partial charge on any atom is 0.187 e. The molecule has 4 heteroatoms. The van der Waals surface area contributed by atoms with Gasteiger partial charge in [0.1, 0.15) is 18.8 Å². The topological polar surface area (TPSA) is 44.8 Å². The van der Waals surface area contributed by atoms with Crippen molar-refractivity contribution in [3.05, 3.63) is 0 Å². The number of hydrogen-bond acceptors (Lipinski definition) is 4. The average Bonchev–Trinajstić information content (AvgIpc) is 2.72. The lowest BCUT2D eigenvalue weighted by Crippen LogP contribution is -2.49. The van der Waals surface area contributed by atoms with Gasteiger partial charge in [0, 0.05) is 6.61 Å². The highest BCUT2D eigenvalue weighted by Gasteiger charge is 2.39. The first kappa shape index (κ1) is 26.6. The van der Waals surface area contributed by atoms with E-state index in [1.54, 1.807) is 0 Å². The van der Waals surface area contributed by atoms with Crippen molar-refractivity contribution in [1.29, 1.82) is 0 Å². The van der Waals surface area contributed by atoms with E-state index in [1.807, 2.05) is 0 Å². The summed E-state index contributed by atoms with van der Waals surface area (Å²) in [5.74, 6) is 0.0163. The molecule has 29 heavy (non-hydrogen) atoms. The highest BCUT2D eigenvalue weighted by Crippen LogP contribution is 2.29. The Morgan fingerprint density at radius 3 is 1.72 bits per heavy atom. The van der Waals surface area contributed by atoms with E-state index in [9.17, 15) is 4.79 Å². The predicted octanol–water partition coefficient (Wildman–Crippen LogP) is 6.99. The van der Waals surface area contributed by atoms with E-state index in [4.69, 9.17) is 14.2 Å². The molecule has 4 nitrogen and oxygen atoms in total. The molecule has 0 aromatic carbocycles. The zero-order valence-electron chi connectivity index (χ0n) is 19.6. The van der Waals surface area contributed by atoms with Crippen molar-refractivity contribution < 1.29 is 19.0 Å². The van der Waals surface area contributed by atoms with Crippen LogP contribution in [0.2, 0.25) is 0 Å². The molecule has 1 unspecified atom stereocenters. The Bertz CT molecular complexity index is 388. The summed E-state index contributed by atoms with van der Waals surface area (Å²) in [4.78, 5) is 11.5. The number of ketones is 1. The van der Waals surface area contributed by atoms with Gasteiger partial charge in [0.15, 0.2) is 12.1 Å². The third kappa shape index (κ3) is 12.8. The monoisotopic (exact) mass is 412 g/mol. The van der Waals surface area contributed by atoms with Crippen molar-refractivity contribution in [1.82, 2.24) is 0 Å². The molecular weight excluding hydrogens is 364 g/mol. The molecule has 0 spiro atoms. The highest BCUT2D eigenvalue weighted by molar-refractivity contribution is 5.81. The standard InChI is InChI=1S/C25H48O4/c1-4-6-8-10-12-14-16-18-20-29-25(3,24-27-21-23(26)22-28-24)19-17-15-13-11-9-7-5-2/h24H,4-22H2,1-3H3. The number of hydrogen-bond donors (Lipinski definition) is 0. The Morgan fingerprint density at radius 1 is 0.759 bits per heavy atom. The summed E-state index contributed by atoms with van der Waals surface area (Å²) in [6.45, 7) is 7.67. The van der Waals surface area contributed by atoms with Crippen LogP contribution in [0.5, 0.6) is 0 Å². The minimum atomic E-state index is -0.453. The van der Waals surface area contributed by atoms with Crippen LogP contribution >= 0.6 is 0 Å². The third-order valence-electron chi connectivity index (χ3n) is 6.00. The Labute approximate surface area is 180 Å². The van der Waals surface area contributed by atoms with Gasteiger partial charge in [-0.1, -0.05) is 104 Å². The second-order valence-corrected chi connectivity index (χ2v) is 9.00. The smallest absolute Gasteiger partial charge is 0.187 e. The van der Waals surface area contributed by atoms with Crippen molar-refractivity contribution in [3.63, 3.8) is 0 Å². The fourth-order valence-corrected chi connectivity index (χ4v) is 4.01. The van der Waals surface area contributed by atoms with Gasteiger partial charge in [-0.05, 0) is 19.8 Å². The van der Waals surface area contributed by atoms with Crippen molar-refractivity contribution in [2.24, 2.45) is 0 Å². The molecule has 172 valence electrons. The van der Waals surface area contributed by atoms with E-state index >= 15 is 0 Å². The quantitative estimate of drug-likeness (QED) is 0.215. The summed E-state index contributed by atoms with van der Waals surface area (Å²) in [5, 5.41) is 0. The molecule has 1 atom stereocenters. The molecule has 1 heterocycles. The summed E-state index contributed by atoms with van der Waals surface area (Å²) in [6, 6.07) is 0. The van der Waals surface area contributed by atoms with Crippen LogP contribution in [0, 0.1) is 0 Å². The largest absolute Gasteiger partial charge is 0.370 e. The number of unbranched alkanes of at least 4 members (excludes halogenated alkanes) is 13. The molecule has 0 saturated carbocycles. The predicted molar refractivity (Wildman–Crippen MR) is 120 cm³/mol. The van der Waals surface area contributed by atoms with Crippen molar-refractivity contribution in [2.45, 2.75) is 135 Å². The first-order chi connectivity index (χ1) is 14.1. The highest BCUT2D eigenvalue weighted by atomic mass is 16.7. The summed E-state index contributed by atoms with van der Waals surface area (Å²) in [5.41, 5.74) is -0.453. The van der Waals surface area contributed by atoms with Crippen LogP contribution in [0.3, 0.4) is 0 Å². The minimum absolute atomic E-state index is 0.0163. The van der Waals surface area contributed by atoms with E-state index < -0.39 is 11.9 Å². The number of carbonyl (C=O) groups is 1. The van der Waals surface area contributed by atoms with Crippen LogP contribution in [-0.4, -0.2) is 37.5 Å². The molecule has 1 fully saturated rings. The van der Waals surface area contributed by atoms with Crippen molar-refractivity contribution in [2.75, 3.05) is 19.8 Å². The molecule has 0 N–H and O–H groups in total. The molecule has 0 aromatic rings. The lowest BCUT2D eigenvalue weighted by molar-refractivity contribution is -0.262. The molecule has 1 aliphatic heterocycles. The molecule has 0 radical (unpaired) electrons. The minimum Gasteiger partial charge on any atom is -0.370 e. The molecule has 0 amide bonds. The number of ether oxygens (including phenoxy) is 3. The van der Waals surface area contributed by atoms with Crippen LogP contribution in [0.15, 0.2) is 0 Å². The van der Waals surface area contributed by atoms with Gasteiger partial charge in [0.05, 0.1) is 0 Å². The zero-order chi connectivity index (χ0) is 21.2. The van der Waals surface area contributed by atoms with Crippen LogP contribution < -0.4 is 0 Å². The summed E-state index contributed by atoms with van der Waals surface area (Å²) in [7, 11) is 0.